The minimum Gasteiger partial charge on any atom is -0.496 e. The second-order valence-corrected chi connectivity index (χ2v) is 3.53. The van der Waals surface area contributed by atoms with E-state index in [1.807, 2.05) is 30.3 Å². The van der Waals surface area contributed by atoms with E-state index in [1.165, 1.54) is 0 Å². The Bertz CT molecular complexity index is 523. The van der Waals surface area contributed by atoms with Gasteiger partial charge in [0.05, 0.1) is 13.0 Å². The second kappa shape index (κ2) is 5.50. The summed E-state index contributed by atoms with van der Waals surface area (Å²) >= 11 is 5.58. The van der Waals surface area contributed by atoms with Gasteiger partial charge in [-0.3, -0.25) is 0 Å². The maximum absolute atomic E-state index is 5.58. The van der Waals surface area contributed by atoms with Crippen LogP contribution in [0.15, 0.2) is 28.8 Å². The first-order chi connectivity index (χ1) is 8.33. The van der Waals surface area contributed by atoms with Crippen molar-refractivity contribution >= 4 is 23.8 Å². The fourth-order valence-corrected chi connectivity index (χ4v) is 1.46. The summed E-state index contributed by atoms with van der Waals surface area (Å²) in [4.78, 5) is 4.06. The van der Waals surface area contributed by atoms with Crippen molar-refractivity contribution in [2.24, 2.45) is 0 Å². The van der Waals surface area contributed by atoms with Gasteiger partial charge in [-0.2, -0.15) is 4.98 Å². The molecule has 1 aromatic heterocycles. The molecule has 2 rings (SSSR count). The predicted molar refractivity (Wildman–Crippen MR) is 65.8 cm³/mol. The first kappa shape index (κ1) is 11.7. The summed E-state index contributed by atoms with van der Waals surface area (Å²) in [7, 11) is 1.63. The third-order valence-electron chi connectivity index (χ3n) is 2.15. The predicted octanol–water partition coefficient (Wildman–Crippen LogP) is 2.99. The van der Waals surface area contributed by atoms with E-state index >= 15 is 0 Å². The van der Waals surface area contributed by atoms with Gasteiger partial charge in [0, 0.05) is 11.6 Å². The van der Waals surface area contributed by atoms with Crippen molar-refractivity contribution in [2.45, 2.75) is 5.88 Å². The van der Waals surface area contributed by atoms with Gasteiger partial charge in [0.15, 0.2) is 5.82 Å². The largest absolute Gasteiger partial charge is 0.496 e. The number of hydrogen-bond donors (Lipinski definition) is 0. The Balaban J connectivity index is 2.19. The molecule has 0 radical (unpaired) electrons. The number of alkyl halides is 1. The fraction of sp³-hybridized carbons (Fsp3) is 0.167. The van der Waals surface area contributed by atoms with Crippen molar-refractivity contribution < 1.29 is 9.26 Å². The lowest BCUT2D eigenvalue weighted by Crippen LogP contribution is -1.85. The van der Waals surface area contributed by atoms with E-state index < -0.39 is 0 Å². The lowest BCUT2D eigenvalue weighted by molar-refractivity contribution is 0.405. The molecule has 17 heavy (non-hydrogen) atoms. The average molecular weight is 251 g/mol. The number of hydrogen-bond acceptors (Lipinski definition) is 4. The summed E-state index contributed by atoms with van der Waals surface area (Å²) in [6.07, 6.45) is 3.57. The van der Waals surface area contributed by atoms with Gasteiger partial charge in [-0.15, -0.1) is 11.6 Å². The third-order valence-corrected chi connectivity index (χ3v) is 2.39. The molecule has 0 atom stereocenters. The van der Waals surface area contributed by atoms with Crippen molar-refractivity contribution in [3.05, 3.63) is 41.5 Å². The summed E-state index contributed by atoms with van der Waals surface area (Å²) in [5.74, 6) is 1.94. The summed E-state index contributed by atoms with van der Waals surface area (Å²) in [6, 6.07) is 7.67. The molecule has 0 unspecified atom stereocenters. The lowest BCUT2D eigenvalue weighted by atomic mass is 10.2. The molecule has 88 valence electrons. The zero-order chi connectivity index (χ0) is 12.1. The first-order valence-electron chi connectivity index (χ1n) is 5.03. The van der Waals surface area contributed by atoms with Crippen LogP contribution in [0.3, 0.4) is 0 Å². The van der Waals surface area contributed by atoms with E-state index in [2.05, 4.69) is 10.1 Å². The van der Waals surface area contributed by atoms with Gasteiger partial charge in [0.1, 0.15) is 5.75 Å². The van der Waals surface area contributed by atoms with Gasteiger partial charge < -0.3 is 9.26 Å². The standard InChI is InChI=1S/C12H11ClN2O2/c1-16-10-5-3-2-4-9(10)6-7-12-14-11(8-13)15-17-12/h2-7H,8H2,1H3/b7-6+. The van der Waals surface area contributed by atoms with Crippen molar-refractivity contribution in [3.8, 4) is 5.75 Å². The number of aromatic nitrogens is 2. The first-order valence-corrected chi connectivity index (χ1v) is 5.56. The minimum atomic E-state index is 0.242. The molecular weight excluding hydrogens is 240 g/mol. The lowest BCUT2D eigenvalue weighted by Gasteiger charge is -2.02. The number of rotatable bonds is 4. The van der Waals surface area contributed by atoms with Gasteiger partial charge in [-0.25, -0.2) is 0 Å². The number of para-hydroxylation sites is 1. The molecule has 0 bridgehead atoms. The molecule has 0 amide bonds. The summed E-state index contributed by atoms with van der Waals surface area (Å²) in [5.41, 5.74) is 0.945. The number of ether oxygens (including phenoxy) is 1. The van der Waals surface area contributed by atoms with Gasteiger partial charge in [-0.1, -0.05) is 23.4 Å². The van der Waals surface area contributed by atoms with Crippen LogP contribution in [0.25, 0.3) is 12.2 Å². The molecule has 4 nitrogen and oxygen atoms in total. The molecule has 0 aliphatic heterocycles. The molecule has 0 N–H and O–H groups in total. The summed E-state index contributed by atoms with van der Waals surface area (Å²) in [6.45, 7) is 0. The van der Waals surface area contributed by atoms with E-state index in [9.17, 15) is 0 Å². The molecule has 0 saturated heterocycles. The van der Waals surface area contributed by atoms with Gasteiger partial charge in [-0.05, 0) is 12.1 Å². The highest BCUT2D eigenvalue weighted by atomic mass is 35.5. The molecule has 1 aromatic carbocycles. The van der Waals surface area contributed by atoms with Crippen molar-refractivity contribution in [1.29, 1.82) is 0 Å². The zero-order valence-corrected chi connectivity index (χ0v) is 10.0. The average Bonchev–Trinajstić information content (AvgIpc) is 2.84. The van der Waals surface area contributed by atoms with Crippen molar-refractivity contribution in [3.63, 3.8) is 0 Å². The Labute approximate surface area is 104 Å². The van der Waals surface area contributed by atoms with Gasteiger partial charge in [0.2, 0.25) is 0 Å². The molecule has 0 saturated carbocycles. The third kappa shape index (κ3) is 2.85. The molecular formula is C12H11ClN2O2. The van der Waals surface area contributed by atoms with Crippen LogP contribution in [-0.2, 0) is 5.88 Å². The molecule has 0 aliphatic carbocycles. The van der Waals surface area contributed by atoms with Crippen LogP contribution >= 0.6 is 11.6 Å². The van der Waals surface area contributed by atoms with E-state index in [4.69, 9.17) is 20.9 Å². The van der Waals surface area contributed by atoms with Crippen LogP contribution in [0.4, 0.5) is 0 Å². The Morgan fingerprint density at radius 3 is 2.88 bits per heavy atom. The highest BCUT2D eigenvalue weighted by Gasteiger charge is 2.02. The van der Waals surface area contributed by atoms with Crippen LogP contribution in [0.1, 0.15) is 17.3 Å². The summed E-state index contributed by atoms with van der Waals surface area (Å²) in [5, 5.41) is 3.69. The topological polar surface area (TPSA) is 48.2 Å². The monoisotopic (exact) mass is 250 g/mol. The van der Waals surface area contributed by atoms with Crippen LogP contribution < -0.4 is 4.74 Å². The van der Waals surface area contributed by atoms with Crippen molar-refractivity contribution in [1.82, 2.24) is 10.1 Å². The number of benzene rings is 1. The number of halogens is 1. The Kier molecular flexibility index (Phi) is 3.77. The van der Waals surface area contributed by atoms with E-state index in [1.54, 1.807) is 13.2 Å². The van der Waals surface area contributed by atoms with Gasteiger partial charge in [0.25, 0.3) is 5.89 Å². The molecule has 0 spiro atoms. The maximum atomic E-state index is 5.58. The number of methoxy groups -OCH3 is 1. The van der Waals surface area contributed by atoms with Crippen LogP contribution in [-0.4, -0.2) is 17.3 Å². The number of nitrogens with zero attached hydrogens (tertiary/aromatic N) is 2. The Morgan fingerprint density at radius 2 is 2.18 bits per heavy atom. The molecule has 1 heterocycles. The van der Waals surface area contributed by atoms with E-state index in [0.29, 0.717) is 11.7 Å². The smallest absolute Gasteiger partial charge is 0.250 e. The summed E-state index contributed by atoms with van der Waals surface area (Å²) < 4.78 is 10.2. The van der Waals surface area contributed by atoms with Crippen LogP contribution in [0, 0.1) is 0 Å². The highest BCUT2D eigenvalue weighted by molar-refractivity contribution is 6.16. The highest BCUT2D eigenvalue weighted by Crippen LogP contribution is 2.19. The fourth-order valence-electron chi connectivity index (χ4n) is 1.35. The Morgan fingerprint density at radius 1 is 1.35 bits per heavy atom. The molecule has 0 aliphatic rings. The molecule has 5 heteroatoms. The van der Waals surface area contributed by atoms with Crippen LogP contribution in [0.2, 0.25) is 0 Å². The van der Waals surface area contributed by atoms with Crippen LogP contribution in [0.5, 0.6) is 5.75 Å². The SMILES string of the molecule is COc1ccccc1/C=C/c1nc(CCl)no1. The van der Waals surface area contributed by atoms with Crippen molar-refractivity contribution in [2.75, 3.05) is 7.11 Å². The quantitative estimate of drug-likeness (QED) is 0.783. The van der Waals surface area contributed by atoms with E-state index in [0.717, 1.165) is 11.3 Å². The van der Waals surface area contributed by atoms with Gasteiger partial charge >= 0.3 is 0 Å². The molecule has 2 aromatic rings. The normalized spacial score (nSPS) is 10.9. The maximum Gasteiger partial charge on any atom is 0.250 e. The Hall–Kier alpha value is -1.81. The zero-order valence-electron chi connectivity index (χ0n) is 9.26. The van der Waals surface area contributed by atoms with E-state index in [-0.39, 0.29) is 5.88 Å². The molecule has 0 fully saturated rings. The second-order valence-electron chi connectivity index (χ2n) is 3.26. The minimum absolute atomic E-state index is 0.242.